The summed E-state index contributed by atoms with van der Waals surface area (Å²) in [6.45, 7) is 4.20. The third kappa shape index (κ3) is 1.95. The zero-order valence-corrected chi connectivity index (χ0v) is 10.5. The maximum absolute atomic E-state index is 5.72. The molecule has 1 fully saturated rings. The van der Waals surface area contributed by atoms with E-state index in [9.17, 15) is 0 Å². The Labute approximate surface area is 103 Å². The summed E-state index contributed by atoms with van der Waals surface area (Å²) in [5, 5.41) is 3.79. The fraction of sp³-hybridized carbons (Fsp3) is 0.600. The van der Waals surface area contributed by atoms with Crippen LogP contribution in [-0.4, -0.2) is 18.7 Å². The molecule has 1 aromatic carbocycles. The van der Waals surface area contributed by atoms with Crippen molar-refractivity contribution in [2.24, 2.45) is 0 Å². The van der Waals surface area contributed by atoms with Crippen LogP contribution in [0.5, 0.6) is 5.75 Å². The number of hydrogen-bond acceptors (Lipinski definition) is 2. The van der Waals surface area contributed by atoms with E-state index in [-0.39, 0.29) is 0 Å². The molecular formula is C15H21NO. The summed E-state index contributed by atoms with van der Waals surface area (Å²) < 4.78 is 5.72. The van der Waals surface area contributed by atoms with Gasteiger partial charge in [0.2, 0.25) is 0 Å². The smallest absolute Gasteiger partial charge is 0.122 e. The topological polar surface area (TPSA) is 21.3 Å². The van der Waals surface area contributed by atoms with Crippen LogP contribution in [0, 0.1) is 0 Å². The van der Waals surface area contributed by atoms with Crippen molar-refractivity contribution in [1.29, 1.82) is 0 Å². The normalized spacial score (nSPS) is 24.9. The molecule has 2 heteroatoms. The average molecular weight is 231 g/mol. The van der Waals surface area contributed by atoms with Crippen LogP contribution in [0.2, 0.25) is 0 Å². The van der Waals surface area contributed by atoms with E-state index in [4.69, 9.17) is 4.74 Å². The van der Waals surface area contributed by atoms with Crippen molar-refractivity contribution in [3.05, 3.63) is 29.8 Å². The van der Waals surface area contributed by atoms with E-state index in [1.165, 1.54) is 31.2 Å². The molecule has 1 aliphatic heterocycles. The van der Waals surface area contributed by atoms with E-state index >= 15 is 0 Å². The second kappa shape index (κ2) is 4.34. The molecule has 1 aromatic rings. The van der Waals surface area contributed by atoms with Gasteiger partial charge in [-0.25, -0.2) is 0 Å². The van der Waals surface area contributed by atoms with Crippen molar-refractivity contribution >= 4 is 0 Å². The van der Waals surface area contributed by atoms with Crippen molar-refractivity contribution in [1.82, 2.24) is 5.32 Å². The molecule has 2 nitrogen and oxygen atoms in total. The molecule has 1 unspecified atom stereocenters. The second-order valence-corrected chi connectivity index (χ2v) is 5.41. The van der Waals surface area contributed by atoms with Crippen molar-refractivity contribution in [2.75, 3.05) is 13.2 Å². The molecule has 2 aliphatic rings. The Bertz CT molecular complexity index is 392. The molecule has 0 saturated heterocycles. The average Bonchev–Trinajstić information content (AvgIpc) is 2.72. The highest BCUT2D eigenvalue weighted by atomic mass is 16.5. The van der Waals surface area contributed by atoms with Crippen LogP contribution in [-0.2, 0) is 0 Å². The molecule has 0 radical (unpaired) electrons. The lowest BCUT2D eigenvalue weighted by Gasteiger charge is -2.43. The van der Waals surface area contributed by atoms with Crippen LogP contribution in [0.25, 0.3) is 0 Å². The van der Waals surface area contributed by atoms with Crippen LogP contribution in [0.1, 0.15) is 44.1 Å². The van der Waals surface area contributed by atoms with Gasteiger partial charge in [-0.1, -0.05) is 25.1 Å². The molecule has 92 valence electrons. The summed E-state index contributed by atoms with van der Waals surface area (Å²) in [7, 11) is 0. The fourth-order valence-corrected chi connectivity index (χ4v) is 3.00. The van der Waals surface area contributed by atoms with Crippen molar-refractivity contribution in [2.45, 2.75) is 44.1 Å². The molecule has 3 rings (SSSR count). The lowest BCUT2D eigenvalue weighted by atomic mass is 9.74. The van der Waals surface area contributed by atoms with Gasteiger partial charge < -0.3 is 10.1 Å². The molecule has 1 N–H and O–H groups in total. The predicted molar refractivity (Wildman–Crippen MR) is 69.6 cm³/mol. The Hall–Kier alpha value is -1.02. The molecule has 0 amide bonds. The summed E-state index contributed by atoms with van der Waals surface area (Å²) in [5.74, 6) is 1.62. The Morgan fingerprint density at radius 1 is 1.35 bits per heavy atom. The summed E-state index contributed by atoms with van der Waals surface area (Å²) in [4.78, 5) is 0. The van der Waals surface area contributed by atoms with E-state index in [0.717, 1.165) is 18.9 Å². The zero-order chi connectivity index (χ0) is 11.7. The quantitative estimate of drug-likeness (QED) is 0.859. The highest BCUT2D eigenvalue weighted by Crippen LogP contribution is 2.37. The van der Waals surface area contributed by atoms with Crippen LogP contribution < -0.4 is 10.1 Å². The molecule has 0 spiro atoms. The van der Waals surface area contributed by atoms with Crippen LogP contribution >= 0.6 is 0 Å². The lowest BCUT2D eigenvalue weighted by molar-refractivity contribution is 0.171. The van der Waals surface area contributed by atoms with Crippen LogP contribution in [0.15, 0.2) is 24.3 Å². The maximum atomic E-state index is 5.72. The van der Waals surface area contributed by atoms with Gasteiger partial charge >= 0.3 is 0 Å². The number of nitrogens with one attached hydrogen (secondary N) is 1. The maximum Gasteiger partial charge on any atom is 0.122 e. The lowest BCUT2D eigenvalue weighted by Crippen LogP contribution is -2.51. The first-order chi connectivity index (χ1) is 8.33. The zero-order valence-electron chi connectivity index (χ0n) is 10.5. The third-order valence-electron chi connectivity index (χ3n) is 4.51. The van der Waals surface area contributed by atoms with E-state index in [1.54, 1.807) is 0 Å². The predicted octanol–water partition coefficient (Wildman–Crippen LogP) is 3.08. The van der Waals surface area contributed by atoms with Gasteiger partial charge in [-0.15, -0.1) is 0 Å². The van der Waals surface area contributed by atoms with Crippen LogP contribution in [0.4, 0.5) is 0 Å². The molecule has 1 heterocycles. The number of para-hydroxylation sites is 1. The molecular weight excluding hydrogens is 210 g/mol. The fourth-order valence-electron chi connectivity index (χ4n) is 3.00. The van der Waals surface area contributed by atoms with Crippen molar-refractivity contribution < 1.29 is 4.74 Å². The first kappa shape index (κ1) is 11.1. The highest BCUT2D eigenvalue weighted by molar-refractivity contribution is 5.39. The van der Waals surface area contributed by atoms with Gasteiger partial charge in [0.25, 0.3) is 0 Å². The van der Waals surface area contributed by atoms with Gasteiger partial charge in [-0.05, 0) is 31.7 Å². The van der Waals surface area contributed by atoms with Crippen LogP contribution in [0.3, 0.4) is 0 Å². The number of benzene rings is 1. The third-order valence-corrected chi connectivity index (χ3v) is 4.51. The first-order valence-electron chi connectivity index (χ1n) is 6.80. The SMILES string of the molecule is CCC1(NCC2COc3ccccc32)CCC1. The van der Waals surface area contributed by atoms with Gasteiger partial charge in [-0.3, -0.25) is 0 Å². The Morgan fingerprint density at radius 3 is 2.88 bits per heavy atom. The summed E-state index contributed by atoms with van der Waals surface area (Å²) in [6, 6.07) is 8.44. The molecule has 17 heavy (non-hydrogen) atoms. The summed E-state index contributed by atoms with van der Waals surface area (Å²) >= 11 is 0. The van der Waals surface area contributed by atoms with E-state index < -0.39 is 0 Å². The minimum absolute atomic E-state index is 0.442. The number of fused-ring (bicyclic) bond motifs is 1. The van der Waals surface area contributed by atoms with Gasteiger partial charge in [0.15, 0.2) is 0 Å². The molecule has 0 aromatic heterocycles. The van der Waals surface area contributed by atoms with Crippen molar-refractivity contribution in [3.63, 3.8) is 0 Å². The largest absolute Gasteiger partial charge is 0.493 e. The van der Waals surface area contributed by atoms with Gasteiger partial charge in [-0.2, -0.15) is 0 Å². The highest BCUT2D eigenvalue weighted by Gasteiger charge is 2.35. The van der Waals surface area contributed by atoms with Crippen molar-refractivity contribution in [3.8, 4) is 5.75 Å². The summed E-state index contributed by atoms with van der Waals surface area (Å²) in [6.07, 6.45) is 5.33. The molecule has 1 atom stereocenters. The van der Waals surface area contributed by atoms with Gasteiger partial charge in [0, 0.05) is 23.6 Å². The molecule has 0 bridgehead atoms. The standard InChI is InChI=1S/C15H21NO/c1-2-15(8-5-9-15)16-10-12-11-17-14-7-4-3-6-13(12)14/h3-4,6-7,12,16H,2,5,8-11H2,1H3. The van der Waals surface area contributed by atoms with E-state index in [2.05, 4.69) is 30.4 Å². The molecule has 1 saturated carbocycles. The Balaban J connectivity index is 1.64. The Morgan fingerprint density at radius 2 is 2.18 bits per heavy atom. The van der Waals surface area contributed by atoms with Gasteiger partial charge in [0.05, 0.1) is 6.61 Å². The van der Waals surface area contributed by atoms with E-state index in [0.29, 0.717) is 11.5 Å². The number of hydrogen-bond donors (Lipinski definition) is 1. The molecule has 1 aliphatic carbocycles. The summed E-state index contributed by atoms with van der Waals surface area (Å²) in [5.41, 5.74) is 1.82. The second-order valence-electron chi connectivity index (χ2n) is 5.41. The monoisotopic (exact) mass is 231 g/mol. The number of rotatable bonds is 4. The minimum atomic E-state index is 0.442. The number of ether oxygens (including phenoxy) is 1. The van der Waals surface area contributed by atoms with Gasteiger partial charge in [0.1, 0.15) is 5.75 Å². The van der Waals surface area contributed by atoms with E-state index in [1.807, 2.05) is 6.07 Å². The first-order valence-corrected chi connectivity index (χ1v) is 6.80. The minimum Gasteiger partial charge on any atom is -0.493 e. The Kier molecular flexibility index (Phi) is 2.83.